The van der Waals surface area contributed by atoms with Gasteiger partial charge in [-0.15, -0.1) is 11.3 Å². The smallest absolute Gasteiger partial charge is 0.262 e. The second-order valence-corrected chi connectivity index (χ2v) is 6.08. The first-order chi connectivity index (χ1) is 10.0. The number of thiophene rings is 1. The number of nitrogens with zero attached hydrogens (tertiary/aromatic N) is 1. The van der Waals surface area contributed by atoms with Crippen LogP contribution >= 0.6 is 27.3 Å². The summed E-state index contributed by atoms with van der Waals surface area (Å²) in [6.45, 7) is 0. The van der Waals surface area contributed by atoms with Crippen molar-refractivity contribution in [3.63, 3.8) is 0 Å². The zero-order valence-corrected chi connectivity index (χ0v) is 12.8. The average molecular weight is 367 g/mol. The molecule has 0 amide bonds. The third-order valence-electron chi connectivity index (χ3n) is 2.81. The van der Waals surface area contributed by atoms with E-state index in [0.29, 0.717) is 4.88 Å². The molecule has 3 rings (SSSR count). The van der Waals surface area contributed by atoms with E-state index in [9.17, 15) is 14.3 Å². The second kappa shape index (κ2) is 5.42. The van der Waals surface area contributed by atoms with E-state index in [0.717, 1.165) is 4.47 Å². The highest BCUT2D eigenvalue weighted by Gasteiger charge is 2.15. The number of H-pyrrole nitrogens is 1. The van der Waals surface area contributed by atoms with Crippen LogP contribution in [0.1, 0.15) is 0 Å². The summed E-state index contributed by atoms with van der Waals surface area (Å²) in [6, 6.07) is 7.22. The third-order valence-corrected chi connectivity index (χ3v) is 4.51. The Bertz CT molecular complexity index is 875. The molecule has 106 valence electrons. The van der Waals surface area contributed by atoms with E-state index >= 15 is 0 Å². The molecule has 0 aliphatic heterocycles. The van der Waals surface area contributed by atoms with Crippen molar-refractivity contribution >= 4 is 27.3 Å². The first-order valence-electron chi connectivity index (χ1n) is 5.88. The van der Waals surface area contributed by atoms with Crippen molar-refractivity contribution < 1.29 is 9.50 Å². The van der Waals surface area contributed by atoms with Gasteiger partial charge < -0.3 is 10.1 Å². The Labute approximate surface area is 131 Å². The van der Waals surface area contributed by atoms with E-state index in [-0.39, 0.29) is 17.0 Å². The Morgan fingerprint density at radius 3 is 2.76 bits per heavy atom. The SMILES string of the molecule is O=c1[nH]c(-c2cc(Br)cs2)nc(O)c1-c1cccc(F)c1. The molecule has 0 aliphatic rings. The highest BCUT2D eigenvalue weighted by atomic mass is 79.9. The number of aromatic nitrogens is 2. The van der Waals surface area contributed by atoms with Crippen LogP contribution < -0.4 is 5.56 Å². The topological polar surface area (TPSA) is 66.0 Å². The molecule has 1 aromatic carbocycles. The lowest BCUT2D eigenvalue weighted by Gasteiger charge is -2.05. The fraction of sp³-hybridized carbons (Fsp3) is 0. The van der Waals surface area contributed by atoms with Gasteiger partial charge in [0, 0.05) is 9.85 Å². The summed E-state index contributed by atoms with van der Waals surface area (Å²) in [6.07, 6.45) is 0. The first-order valence-corrected chi connectivity index (χ1v) is 7.55. The van der Waals surface area contributed by atoms with Crippen molar-refractivity contribution in [1.82, 2.24) is 9.97 Å². The molecule has 0 bridgehead atoms. The van der Waals surface area contributed by atoms with E-state index in [1.54, 1.807) is 6.07 Å². The normalized spacial score (nSPS) is 10.8. The maximum absolute atomic E-state index is 13.2. The highest BCUT2D eigenvalue weighted by molar-refractivity contribution is 9.10. The quantitative estimate of drug-likeness (QED) is 0.725. The molecule has 21 heavy (non-hydrogen) atoms. The van der Waals surface area contributed by atoms with E-state index in [1.807, 2.05) is 5.38 Å². The van der Waals surface area contributed by atoms with Crippen molar-refractivity contribution in [2.45, 2.75) is 0 Å². The third kappa shape index (κ3) is 2.74. The van der Waals surface area contributed by atoms with Gasteiger partial charge in [-0.3, -0.25) is 4.79 Å². The fourth-order valence-electron chi connectivity index (χ4n) is 1.92. The van der Waals surface area contributed by atoms with Crippen molar-refractivity contribution in [3.05, 3.63) is 56.4 Å². The van der Waals surface area contributed by atoms with Gasteiger partial charge in [-0.25, -0.2) is 4.39 Å². The number of benzene rings is 1. The lowest BCUT2D eigenvalue weighted by Crippen LogP contribution is -2.11. The molecular formula is C14H8BrFN2O2S. The minimum atomic E-state index is -0.521. The van der Waals surface area contributed by atoms with Gasteiger partial charge in [0.05, 0.1) is 4.88 Å². The maximum atomic E-state index is 13.2. The molecule has 2 aromatic heterocycles. The van der Waals surface area contributed by atoms with Gasteiger partial charge in [-0.05, 0) is 39.7 Å². The van der Waals surface area contributed by atoms with E-state index in [1.165, 1.54) is 35.6 Å². The lowest BCUT2D eigenvalue weighted by atomic mass is 10.1. The van der Waals surface area contributed by atoms with Crippen molar-refractivity contribution in [3.8, 4) is 27.7 Å². The Kier molecular flexibility index (Phi) is 3.60. The molecule has 0 fully saturated rings. The van der Waals surface area contributed by atoms with Crippen LogP contribution in [0.3, 0.4) is 0 Å². The van der Waals surface area contributed by atoms with Crippen LogP contribution in [0.4, 0.5) is 4.39 Å². The predicted molar refractivity (Wildman–Crippen MR) is 82.9 cm³/mol. The van der Waals surface area contributed by atoms with Gasteiger partial charge in [0.15, 0.2) is 5.82 Å². The van der Waals surface area contributed by atoms with E-state index in [4.69, 9.17) is 0 Å². The van der Waals surface area contributed by atoms with Crippen molar-refractivity contribution in [2.75, 3.05) is 0 Å². The molecule has 4 nitrogen and oxygen atoms in total. The number of hydrogen-bond acceptors (Lipinski definition) is 4. The molecule has 0 saturated heterocycles. The van der Waals surface area contributed by atoms with Crippen molar-refractivity contribution in [2.24, 2.45) is 0 Å². The molecule has 2 N–H and O–H groups in total. The Hall–Kier alpha value is -1.99. The summed E-state index contributed by atoms with van der Waals surface area (Å²) in [7, 11) is 0. The number of aromatic hydroxyl groups is 1. The molecule has 0 atom stereocenters. The zero-order valence-electron chi connectivity index (χ0n) is 10.4. The first kappa shape index (κ1) is 14.0. The average Bonchev–Trinajstić information content (AvgIpc) is 2.85. The Morgan fingerprint density at radius 2 is 2.14 bits per heavy atom. The summed E-state index contributed by atoms with van der Waals surface area (Å²) in [5.41, 5.74) is -0.290. The number of halogens is 2. The van der Waals surface area contributed by atoms with Crippen LogP contribution in [0.25, 0.3) is 21.8 Å². The van der Waals surface area contributed by atoms with Gasteiger partial charge >= 0.3 is 0 Å². The maximum Gasteiger partial charge on any atom is 0.262 e. The predicted octanol–water partition coefficient (Wildman–Crippen LogP) is 3.77. The summed E-state index contributed by atoms with van der Waals surface area (Å²) in [5.74, 6) is -0.644. The number of aromatic amines is 1. The summed E-state index contributed by atoms with van der Waals surface area (Å²) in [5, 5.41) is 11.9. The molecule has 0 radical (unpaired) electrons. The van der Waals surface area contributed by atoms with Crippen molar-refractivity contribution in [1.29, 1.82) is 0 Å². The van der Waals surface area contributed by atoms with Gasteiger partial charge in [-0.2, -0.15) is 4.98 Å². The minimum Gasteiger partial charge on any atom is -0.493 e. The van der Waals surface area contributed by atoms with E-state index in [2.05, 4.69) is 25.9 Å². The zero-order chi connectivity index (χ0) is 15.0. The van der Waals surface area contributed by atoms with Gasteiger partial charge in [0.2, 0.25) is 5.88 Å². The van der Waals surface area contributed by atoms with Crippen LogP contribution in [-0.4, -0.2) is 15.1 Å². The summed E-state index contributed by atoms with van der Waals surface area (Å²) < 4.78 is 14.1. The summed E-state index contributed by atoms with van der Waals surface area (Å²) >= 11 is 4.69. The molecule has 0 saturated carbocycles. The number of rotatable bonds is 2. The molecule has 3 aromatic rings. The molecule has 2 heterocycles. The molecule has 0 unspecified atom stereocenters. The fourth-order valence-corrected chi connectivity index (χ4v) is 3.29. The largest absolute Gasteiger partial charge is 0.493 e. The minimum absolute atomic E-state index is 0.0473. The second-order valence-electron chi connectivity index (χ2n) is 4.25. The van der Waals surface area contributed by atoms with Crippen LogP contribution in [0.5, 0.6) is 5.88 Å². The van der Waals surface area contributed by atoms with Crippen LogP contribution in [-0.2, 0) is 0 Å². The van der Waals surface area contributed by atoms with E-state index < -0.39 is 17.3 Å². The molecular weight excluding hydrogens is 359 g/mol. The number of hydrogen-bond donors (Lipinski definition) is 2. The Morgan fingerprint density at radius 1 is 1.33 bits per heavy atom. The van der Waals surface area contributed by atoms with Gasteiger partial charge in [0.25, 0.3) is 5.56 Å². The standard InChI is InChI=1S/C14H8BrFN2O2S/c15-8-5-10(21-6-8)12-17-13(19)11(14(20)18-12)7-2-1-3-9(16)4-7/h1-6H,(H2,17,18,19,20). The van der Waals surface area contributed by atoms with Crippen LogP contribution in [0.2, 0.25) is 0 Å². The van der Waals surface area contributed by atoms with Crippen LogP contribution in [0, 0.1) is 5.82 Å². The van der Waals surface area contributed by atoms with Gasteiger partial charge in [0.1, 0.15) is 11.4 Å². The number of nitrogens with one attached hydrogen (secondary N) is 1. The Balaban J connectivity index is 2.15. The molecule has 0 aliphatic carbocycles. The lowest BCUT2D eigenvalue weighted by molar-refractivity contribution is 0.454. The van der Waals surface area contributed by atoms with Crippen LogP contribution in [0.15, 0.2) is 45.0 Å². The summed E-state index contributed by atoms with van der Waals surface area (Å²) in [4.78, 5) is 19.5. The molecule has 7 heteroatoms. The van der Waals surface area contributed by atoms with Gasteiger partial charge in [-0.1, -0.05) is 12.1 Å². The molecule has 0 spiro atoms. The highest BCUT2D eigenvalue weighted by Crippen LogP contribution is 2.30. The monoisotopic (exact) mass is 366 g/mol.